The molecule has 1 fully saturated rings. The second-order valence-electron chi connectivity index (χ2n) is 7.42. The molecule has 1 aromatic carbocycles. The van der Waals surface area contributed by atoms with Gasteiger partial charge >= 0.3 is 0 Å². The normalized spacial score (nSPS) is 19.6. The van der Waals surface area contributed by atoms with E-state index in [2.05, 4.69) is 24.1 Å². The molecule has 0 aliphatic carbocycles. The van der Waals surface area contributed by atoms with Gasteiger partial charge in [-0.1, -0.05) is 19.1 Å². The number of rotatable bonds is 6. The first-order valence-corrected chi connectivity index (χ1v) is 9.57. The fourth-order valence-electron chi connectivity index (χ4n) is 3.56. The number of hydrogen-bond donors (Lipinski definition) is 1. The minimum Gasteiger partial charge on any atom is -0.482 e. The lowest BCUT2D eigenvalue weighted by Crippen LogP contribution is -2.46. The van der Waals surface area contributed by atoms with Crippen molar-refractivity contribution < 1.29 is 14.3 Å². The molecule has 26 heavy (non-hydrogen) atoms. The SMILES string of the molecule is CC1CCN(C(C)CNC(=O)CCN2C(=O)COc3ccccc32)CC1. The van der Waals surface area contributed by atoms with Gasteiger partial charge in [0.05, 0.1) is 5.69 Å². The Morgan fingerprint density at radius 3 is 2.81 bits per heavy atom. The van der Waals surface area contributed by atoms with Crippen molar-refractivity contribution >= 4 is 17.5 Å². The van der Waals surface area contributed by atoms with Gasteiger partial charge < -0.3 is 15.0 Å². The molecular formula is C20H29N3O3. The number of fused-ring (bicyclic) bond motifs is 1. The van der Waals surface area contributed by atoms with E-state index in [1.807, 2.05) is 24.3 Å². The molecule has 1 atom stereocenters. The Balaban J connectivity index is 1.45. The highest BCUT2D eigenvalue weighted by atomic mass is 16.5. The van der Waals surface area contributed by atoms with Gasteiger partial charge in [-0.15, -0.1) is 0 Å². The quantitative estimate of drug-likeness (QED) is 0.844. The van der Waals surface area contributed by atoms with Crippen LogP contribution >= 0.6 is 0 Å². The van der Waals surface area contributed by atoms with Gasteiger partial charge in [-0.25, -0.2) is 0 Å². The molecule has 0 radical (unpaired) electrons. The van der Waals surface area contributed by atoms with Crippen LogP contribution in [0.2, 0.25) is 0 Å². The van der Waals surface area contributed by atoms with Crippen molar-refractivity contribution in [3.05, 3.63) is 24.3 Å². The summed E-state index contributed by atoms with van der Waals surface area (Å²) in [7, 11) is 0. The molecule has 0 spiro atoms. The highest BCUT2D eigenvalue weighted by Gasteiger charge is 2.25. The van der Waals surface area contributed by atoms with E-state index in [1.54, 1.807) is 4.90 Å². The number of nitrogens with zero attached hydrogens (tertiary/aromatic N) is 2. The molecule has 2 heterocycles. The van der Waals surface area contributed by atoms with Crippen LogP contribution in [0.3, 0.4) is 0 Å². The smallest absolute Gasteiger partial charge is 0.265 e. The number of anilines is 1. The number of carbonyl (C=O) groups excluding carboxylic acids is 2. The van der Waals surface area contributed by atoms with Crippen molar-refractivity contribution in [3.63, 3.8) is 0 Å². The zero-order chi connectivity index (χ0) is 18.5. The summed E-state index contributed by atoms with van der Waals surface area (Å²) in [6.45, 7) is 7.74. The Bertz CT molecular complexity index is 641. The molecule has 6 heteroatoms. The molecule has 1 unspecified atom stereocenters. The third-order valence-corrected chi connectivity index (χ3v) is 5.41. The van der Waals surface area contributed by atoms with E-state index in [4.69, 9.17) is 4.74 Å². The number of likely N-dealkylation sites (tertiary alicyclic amines) is 1. The van der Waals surface area contributed by atoms with Crippen molar-refractivity contribution in [1.29, 1.82) is 0 Å². The molecular weight excluding hydrogens is 330 g/mol. The number of amides is 2. The maximum absolute atomic E-state index is 12.2. The Morgan fingerprint density at radius 2 is 2.04 bits per heavy atom. The predicted octanol–water partition coefficient (Wildman–Crippen LogP) is 2.04. The number of carbonyl (C=O) groups is 2. The van der Waals surface area contributed by atoms with Gasteiger partial charge in [-0.3, -0.25) is 14.5 Å². The Morgan fingerprint density at radius 1 is 1.31 bits per heavy atom. The van der Waals surface area contributed by atoms with Crippen LogP contribution in [-0.4, -0.2) is 55.5 Å². The second kappa shape index (κ2) is 8.54. The Labute approximate surface area is 155 Å². The predicted molar refractivity (Wildman–Crippen MR) is 101 cm³/mol. The summed E-state index contributed by atoms with van der Waals surface area (Å²) in [5.41, 5.74) is 0.743. The first-order chi connectivity index (χ1) is 12.5. The molecule has 3 rings (SSSR count). The van der Waals surface area contributed by atoms with Crippen LogP contribution in [0.1, 0.15) is 33.1 Å². The Hall–Kier alpha value is -2.08. The zero-order valence-electron chi connectivity index (χ0n) is 15.7. The summed E-state index contributed by atoms with van der Waals surface area (Å²) < 4.78 is 5.43. The number of para-hydroxylation sites is 2. The van der Waals surface area contributed by atoms with Crippen LogP contribution in [0, 0.1) is 5.92 Å². The highest BCUT2D eigenvalue weighted by molar-refractivity contribution is 5.98. The third-order valence-electron chi connectivity index (χ3n) is 5.41. The van der Waals surface area contributed by atoms with Crippen molar-refractivity contribution in [2.45, 2.75) is 39.2 Å². The van der Waals surface area contributed by atoms with E-state index in [0.29, 0.717) is 31.3 Å². The van der Waals surface area contributed by atoms with E-state index in [0.717, 1.165) is 24.7 Å². The maximum atomic E-state index is 12.2. The summed E-state index contributed by atoms with van der Waals surface area (Å²) in [4.78, 5) is 28.5. The number of benzene rings is 1. The van der Waals surface area contributed by atoms with Crippen molar-refractivity contribution in [3.8, 4) is 5.75 Å². The lowest BCUT2D eigenvalue weighted by Gasteiger charge is -2.35. The first-order valence-electron chi connectivity index (χ1n) is 9.57. The van der Waals surface area contributed by atoms with Crippen LogP contribution in [0.15, 0.2) is 24.3 Å². The molecule has 2 aliphatic rings. The van der Waals surface area contributed by atoms with Crippen molar-refractivity contribution in [2.24, 2.45) is 5.92 Å². The monoisotopic (exact) mass is 359 g/mol. The summed E-state index contributed by atoms with van der Waals surface area (Å²) in [5, 5.41) is 3.02. The molecule has 1 aromatic rings. The zero-order valence-corrected chi connectivity index (χ0v) is 15.7. The van der Waals surface area contributed by atoms with Crippen LogP contribution < -0.4 is 15.0 Å². The lowest BCUT2D eigenvalue weighted by atomic mass is 9.98. The number of nitrogens with one attached hydrogen (secondary N) is 1. The molecule has 2 aliphatic heterocycles. The van der Waals surface area contributed by atoms with Gasteiger partial charge in [0.25, 0.3) is 5.91 Å². The van der Waals surface area contributed by atoms with Gasteiger partial charge in [-0.05, 0) is 50.9 Å². The highest BCUT2D eigenvalue weighted by Crippen LogP contribution is 2.31. The van der Waals surface area contributed by atoms with E-state index in [-0.39, 0.29) is 18.4 Å². The summed E-state index contributed by atoms with van der Waals surface area (Å²) in [6.07, 6.45) is 2.76. The van der Waals surface area contributed by atoms with E-state index in [1.165, 1.54) is 12.8 Å². The molecule has 0 bridgehead atoms. The molecule has 1 N–H and O–H groups in total. The summed E-state index contributed by atoms with van der Waals surface area (Å²) in [5.74, 6) is 1.38. The van der Waals surface area contributed by atoms with Crippen molar-refractivity contribution in [2.75, 3.05) is 37.7 Å². The molecule has 0 saturated carbocycles. The van der Waals surface area contributed by atoms with Crippen LogP contribution in [0.25, 0.3) is 0 Å². The minimum absolute atomic E-state index is 0.0148. The maximum Gasteiger partial charge on any atom is 0.265 e. The molecule has 6 nitrogen and oxygen atoms in total. The fraction of sp³-hybridized carbons (Fsp3) is 0.600. The number of ether oxygens (including phenoxy) is 1. The average molecular weight is 359 g/mol. The van der Waals surface area contributed by atoms with E-state index in [9.17, 15) is 9.59 Å². The first kappa shape index (κ1) is 18.7. The molecule has 142 valence electrons. The van der Waals surface area contributed by atoms with Gasteiger partial charge in [0, 0.05) is 25.6 Å². The molecule has 1 saturated heterocycles. The molecule has 0 aromatic heterocycles. The number of hydrogen-bond acceptors (Lipinski definition) is 4. The second-order valence-corrected chi connectivity index (χ2v) is 7.42. The topological polar surface area (TPSA) is 61.9 Å². The average Bonchev–Trinajstić information content (AvgIpc) is 2.66. The van der Waals surface area contributed by atoms with E-state index >= 15 is 0 Å². The van der Waals surface area contributed by atoms with Crippen molar-refractivity contribution in [1.82, 2.24) is 10.2 Å². The lowest BCUT2D eigenvalue weighted by molar-refractivity contribution is -0.122. The van der Waals surface area contributed by atoms with Crippen LogP contribution in [0.4, 0.5) is 5.69 Å². The summed E-state index contributed by atoms with van der Waals surface area (Å²) in [6, 6.07) is 7.79. The standard InChI is InChI=1S/C20H29N3O3/c1-15-7-10-22(11-8-15)16(2)13-21-19(24)9-12-23-17-5-3-4-6-18(17)26-14-20(23)25/h3-6,15-16H,7-14H2,1-2H3,(H,21,24). The van der Waals surface area contributed by atoms with Crippen LogP contribution in [0.5, 0.6) is 5.75 Å². The largest absolute Gasteiger partial charge is 0.482 e. The third kappa shape index (κ3) is 4.55. The fourth-order valence-corrected chi connectivity index (χ4v) is 3.56. The van der Waals surface area contributed by atoms with Gasteiger partial charge in [-0.2, -0.15) is 0 Å². The van der Waals surface area contributed by atoms with E-state index < -0.39 is 0 Å². The molecule has 2 amide bonds. The van der Waals surface area contributed by atoms with Gasteiger partial charge in [0.15, 0.2) is 6.61 Å². The number of piperidine rings is 1. The van der Waals surface area contributed by atoms with Gasteiger partial charge in [0.2, 0.25) is 5.91 Å². The summed E-state index contributed by atoms with van der Waals surface area (Å²) >= 11 is 0. The Kier molecular flexibility index (Phi) is 6.14. The van der Waals surface area contributed by atoms with Gasteiger partial charge in [0.1, 0.15) is 5.75 Å². The minimum atomic E-state index is -0.104. The van der Waals surface area contributed by atoms with Crippen LogP contribution in [-0.2, 0) is 9.59 Å².